The monoisotopic (exact) mass is 246 g/mol. The van der Waals surface area contributed by atoms with E-state index in [0.717, 1.165) is 16.4 Å². The average Bonchev–Trinajstić information content (AvgIpc) is 2.29. The van der Waals surface area contributed by atoms with Crippen molar-refractivity contribution in [3.8, 4) is 0 Å². The van der Waals surface area contributed by atoms with Gasteiger partial charge in [0.25, 0.3) is 0 Å². The fraction of sp³-hybridized carbons (Fsp3) is 0.214. The van der Waals surface area contributed by atoms with E-state index in [1.54, 1.807) is 6.20 Å². The lowest BCUT2D eigenvalue weighted by Gasteiger charge is -2.16. The van der Waals surface area contributed by atoms with E-state index in [4.69, 9.17) is 11.6 Å². The second-order valence-electron chi connectivity index (χ2n) is 4.11. The van der Waals surface area contributed by atoms with Crippen molar-refractivity contribution < 1.29 is 0 Å². The highest BCUT2D eigenvalue weighted by Crippen LogP contribution is 2.24. The summed E-state index contributed by atoms with van der Waals surface area (Å²) in [6, 6.07) is 12.0. The zero-order chi connectivity index (χ0) is 12.3. The van der Waals surface area contributed by atoms with Crippen molar-refractivity contribution in [2.45, 2.75) is 19.9 Å². The molecule has 0 radical (unpaired) electrons. The van der Waals surface area contributed by atoms with Gasteiger partial charge in [-0.05, 0) is 43.2 Å². The summed E-state index contributed by atoms with van der Waals surface area (Å²) in [6.45, 7) is 4.12. The van der Waals surface area contributed by atoms with Gasteiger partial charge in [-0.1, -0.05) is 29.8 Å². The standard InChI is InChI=1S/C14H15ClN2/c1-10-7-8-16-14(9-10)17-11(2)12-5-3-4-6-13(12)15/h3-9,11H,1-2H3,(H,16,17). The molecule has 2 rings (SSSR count). The van der Waals surface area contributed by atoms with Crippen LogP contribution in [0, 0.1) is 6.92 Å². The molecule has 0 saturated heterocycles. The maximum atomic E-state index is 6.16. The first-order valence-electron chi connectivity index (χ1n) is 5.60. The number of rotatable bonds is 3. The Morgan fingerprint density at radius 2 is 2.00 bits per heavy atom. The summed E-state index contributed by atoms with van der Waals surface area (Å²) in [6.07, 6.45) is 1.80. The zero-order valence-electron chi connectivity index (χ0n) is 9.94. The van der Waals surface area contributed by atoms with Crippen molar-refractivity contribution in [1.82, 2.24) is 4.98 Å². The first kappa shape index (κ1) is 11.9. The van der Waals surface area contributed by atoms with E-state index >= 15 is 0 Å². The van der Waals surface area contributed by atoms with E-state index < -0.39 is 0 Å². The van der Waals surface area contributed by atoms with E-state index in [0.29, 0.717) is 0 Å². The molecule has 1 aromatic carbocycles. The molecule has 2 nitrogen and oxygen atoms in total. The van der Waals surface area contributed by atoms with Gasteiger partial charge in [-0.25, -0.2) is 4.98 Å². The molecule has 1 heterocycles. The van der Waals surface area contributed by atoms with E-state index in [2.05, 4.69) is 17.2 Å². The molecule has 0 aliphatic heterocycles. The number of benzene rings is 1. The molecule has 0 saturated carbocycles. The summed E-state index contributed by atoms with van der Waals surface area (Å²) in [5.41, 5.74) is 2.27. The van der Waals surface area contributed by atoms with Gasteiger partial charge in [0.15, 0.2) is 0 Å². The number of nitrogens with zero attached hydrogens (tertiary/aromatic N) is 1. The maximum Gasteiger partial charge on any atom is 0.126 e. The number of hydrogen-bond acceptors (Lipinski definition) is 2. The lowest BCUT2D eigenvalue weighted by molar-refractivity contribution is 0.874. The van der Waals surface area contributed by atoms with Gasteiger partial charge in [-0.3, -0.25) is 0 Å². The summed E-state index contributed by atoms with van der Waals surface area (Å²) in [5, 5.41) is 4.12. The van der Waals surface area contributed by atoms with E-state index in [-0.39, 0.29) is 6.04 Å². The normalized spacial score (nSPS) is 12.2. The fourth-order valence-electron chi connectivity index (χ4n) is 1.74. The Labute approximate surface area is 107 Å². The molecule has 1 atom stereocenters. The third-order valence-corrected chi connectivity index (χ3v) is 3.00. The summed E-state index contributed by atoms with van der Waals surface area (Å²) >= 11 is 6.16. The predicted molar refractivity (Wildman–Crippen MR) is 72.5 cm³/mol. The molecule has 0 spiro atoms. The molecule has 88 valence electrons. The maximum absolute atomic E-state index is 6.16. The van der Waals surface area contributed by atoms with Crippen molar-refractivity contribution in [2.75, 3.05) is 5.32 Å². The van der Waals surface area contributed by atoms with Gasteiger partial charge in [0, 0.05) is 11.2 Å². The smallest absolute Gasteiger partial charge is 0.126 e. The Morgan fingerprint density at radius 3 is 2.71 bits per heavy atom. The van der Waals surface area contributed by atoms with Gasteiger partial charge in [0.1, 0.15) is 5.82 Å². The fourth-order valence-corrected chi connectivity index (χ4v) is 2.04. The molecule has 0 fully saturated rings. The third kappa shape index (κ3) is 2.98. The number of pyridine rings is 1. The molecular weight excluding hydrogens is 232 g/mol. The summed E-state index contributed by atoms with van der Waals surface area (Å²) in [7, 11) is 0. The van der Waals surface area contributed by atoms with Crippen LogP contribution in [-0.2, 0) is 0 Å². The van der Waals surface area contributed by atoms with Crippen LogP contribution >= 0.6 is 11.6 Å². The Kier molecular flexibility index (Phi) is 3.64. The second kappa shape index (κ2) is 5.19. The highest BCUT2D eigenvalue weighted by molar-refractivity contribution is 6.31. The van der Waals surface area contributed by atoms with Crippen molar-refractivity contribution in [3.63, 3.8) is 0 Å². The second-order valence-corrected chi connectivity index (χ2v) is 4.51. The van der Waals surface area contributed by atoms with Crippen LogP contribution in [0.4, 0.5) is 5.82 Å². The Morgan fingerprint density at radius 1 is 1.24 bits per heavy atom. The molecule has 0 bridgehead atoms. The lowest BCUT2D eigenvalue weighted by Crippen LogP contribution is -2.08. The van der Waals surface area contributed by atoms with Crippen molar-refractivity contribution >= 4 is 17.4 Å². The van der Waals surface area contributed by atoms with Crippen LogP contribution < -0.4 is 5.32 Å². The van der Waals surface area contributed by atoms with Gasteiger partial charge in [-0.2, -0.15) is 0 Å². The lowest BCUT2D eigenvalue weighted by atomic mass is 10.1. The van der Waals surface area contributed by atoms with Gasteiger partial charge in [-0.15, -0.1) is 0 Å². The first-order chi connectivity index (χ1) is 8.16. The highest BCUT2D eigenvalue weighted by atomic mass is 35.5. The Hall–Kier alpha value is -1.54. The highest BCUT2D eigenvalue weighted by Gasteiger charge is 2.09. The summed E-state index contributed by atoms with van der Waals surface area (Å²) in [5.74, 6) is 0.873. The van der Waals surface area contributed by atoms with E-state index in [1.807, 2.05) is 43.3 Å². The molecule has 0 aliphatic carbocycles. The first-order valence-corrected chi connectivity index (χ1v) is 5.98. The van der Waals surface area contributed by atoms with E-state index in [1.165, 1.54) is 5.56 Å². The largest absolute Gasteiger partial charge is 0.363 e. The molecule has 2 aromatic rings. The number of hydrogen-bond donors (Lipinski definition) is 1. The van der Waals surface area contributed by atoms with Gasteiger partial charge >= 0.3 is 0 Å². The predicted octanol–water partition coefficient (Wildman–Crippen LogP) is 4.22. The van der Waals surface area contributed by atoms with Crippen LogP contribution in [0.3, 0.4) is 0 Å². The van der Waals surface area contributed by atoms with Crippen LogP contribution in [0.15, 0.2) is 42.6 Å². The quantitative estimate of drug-likeness (QED) is 0.877. The minimum atomic E-state index is 0.137. The molecule has 1 N–H and O–H groups in total. The number of nitrogens with one attached hydrogen (secondary N) is 1. The molecule has 0 amide bonds. The Balaban J connectivity index is 2.17. The molecule has 1 aromatic heterocycles. The van der Waals surface area contributed by atoms with Crippen molar-refractivity contribution in [1.29, 1.82) is 0 Å². The van der Waals surface area contributed by atoms with Crippen LogP contribution in [0.25, 0.3) is 0 Å². The molecule has 3 heteroatoms. The minimum Gasteiger partial charge on any atom is -0.363 e. The zero-order valence-corrected chi connectivity index (χ0v) is 10.7. The topological polar surface area (TPSA) is 24.9 Å². The van der Waals surface area contributed by atoms with Crippen LogP contribution in [0.5, 0.6) is 0 Å². The number of aryl methyl sites for hydroxylation is 1. The van der Waals surface area contributed by atoms with Crippen LogP contribution in [-0.4, -0.2) is 4.98 Å². The van der Waals surface area contributed by atoms with Gasteiger partial charge in [0.2, 0.25) is 0 Å². The minimum absolute atomic E-state index is 0.137. The van der Waals surface area contributed by atoms with Crippen LogP contribution in [0.2, 0.25) is 5.02 Å². The van der Waals surface area contributed by atoms with Gasteiger partial charge < -0.3 is 5.32 Å². The molecular formula is C14H15ClN2. The number of halogens is 1. The molecule has 1 unspecified atom stereocenters. The molecule has 0 aliphatic rings. The summed E-state index contributed by atoms with van der Waals surface area (Å²) in [4.78, 5) is 4.28. The number of anilines is 1. The number of aromatic nitrogens is 1. The molecule has 17 heavy (non-hydrogen) atoms. The van der Waals surface area contributed by atoms with Crippen molar-refractivity contribution in [3.05, 3.63) is 58.7 Å². The average molecular weight is 247 g/mol. The summed E-state index contributed by atoms with van der Waals surface area (Å²) < 4.78 is 0. The SMILES string of the molecule is Cc1ccnc(NC(C)c2ccccc2Cl)c1. The van der Waals surface area contributed by atoms with Crippen molar-refractivity contribution in [2.24, 2.45) is 0 Å². The van der Waals surface area contributed by atoms with E-state index in [9.17, 15) is 0 Å². The third-order valence-electron chi connectivity index (χ3n) is 2.65. The van der Waals surface area contributed by atoms with Crippen LogP contribution in [0.1, 0.15) is 24.1 Å². The Bertz CT molecular complexity index is 511. The van der Waals surface area contributed by atoms with Gasteiger partial charge in [0.05, 0.1) is 6.04 Å².